The molecule has 1 N–H and O–H groups in total. The minimum absolute atomic E-state index is 0.00131. The number of hydrogen-bond donors (Lipinski definition) is 1. The van der Waals surface area contributed by atoms with Gasteiger partial charge in [-0.05, 0) is 63.4 Å². The monoisotopic (exact) mass is 617 g/mol. The summed E-state index contributed by atoms with van der Waals surface area (Å²) in [6.07, 6.45) is 1.06. The van der Waals surface area contributed by atoms with Crippen LogP contribution in [0.4, 0.5) is 5.69 Å². The van der Waals surface area contributed by atoms with Crippen LogP contribution in [0.15, 0.2) is 71.6 Å². The molecule has 0 unspecified atom stereocenters. The molecule has 0 saturated heterocycles. The van der Waals surface area contributed by atoms with Gasteiger partial charge < -0.3 is 10.2 Å². The van der Waals surface area contributed by atoms with Crippen LogP contribution in [0.1, 0.15) is 50.3 Å². The lowest BCUT2D eigenvalue weighted by Gasteiger charge is -2.34. The predicted octanol–water partition coefficient (Wildman–Crippen LogP) is 6.53. The number of benzene rings is 3. The fourth-order valence-corrected chi connectivity index (χ4v) is 6.16. The van der Waals surface area contributed by atoms with Gasteiger partial charge in [-0.3, -0.25) is 13.9 Å². The zero-order chi connectivity index (χ0) is 30.3. The summed E-state index contributed by atoms with van der Waals surface area (Å²) in [4.78, 5) is 29.0. The number of hydrogen-bond acceptors (Lipinski definition) is 4. The van der Waals surface area contributed by atoms with Gasteiger partial charge in [0.1, 0.15) is 12.6 Å². The van der Waals surface area contributed by atoms with E-state index < -0.39 is 28.5 Å². The molecule has 3 rings (SSSR count). The smallest absolute Gasteiger partial charge is 0.264 e. The second kappa shape index (κ2) is 14.2. The highest BCUT2D eigenvalue weighted by Crippen LogP contribution is 2.35. The molecule has 0 aliphatic rings. The van der Waals surface area contributed by atoms with E-state index in [0.717, 1.165) is 27.4 Å². The standard InChI is InChI=1S/C31H37Cl2N3O4S/c1-6-23(5)34-31(38)27(7-2)35(19-24-15-11-21(3)12-16-24)29(37)20-36(28-10-8-9-26(32)30(28)33)41(39,40)25-17-13-22(4)14-18-25/h8-18,23,27H,6-7,19-20H2,1-5H3,(H,34,38)/t23-,27+/m0/s1. The number of halogens is 2. The van der Waals surface area contributed by atoms with Crippen molar-refractivity contribution in [3.05, 3.63) is 93.5 Å². The molecule has 2 amide bonds. The van der Waals surface area contributed by atoms with Gasteiger partial charge in [0.25, 0.3) is 10.0 Å². The molecule has 0 aliphatic carbocycles. The number of sulfonamides is 1. The van der Waals surface area contributed by atoms with E-state index in [2.05, 4.69) is 5.32 Å². The summed E-state index contributed by atoms with van der Waals surface area (Å²) < 4.78 is 29.0. The number of carbonyl (C=O) groups is 2. The molecular weight excluding hydrogens is 581 g/mol. The second-order valence-corrected chi connectivity index (χ2v) is 12.8. The SMILES string of the molecule is CC[C@H](C(=O)N[C@@H](C)CC)N(Cc1ccc(C)cc1)C(=O)CN(c1cccc(Cl)c1Cl)S(=O)(=O)c1ccc(C)cc1. The summed E-state index contributed by atoms with van der Waals surface area (Å²) in [5, 5.41) is 3.12. The van der Waals surface area contributed by atoms with Crippen LogP contribution in [0.5, 0.6) is 0 Å². The Morgan fingerprint density at radius 2 is 1.46 bits per heavy atom. The molecule has 41 heavy (non-hydrogen) atoms. The van der Waals surface area contributed by atoms with E-state index in [0.29, 0.717) is 6.42 Å². The van der Waals surface area contributed by atoms with Crippen LogP contribution in [0.2, 0.25) is 10.0 Å². The Hall–Kier alpha value is -3.07. The maximum absolute atomic E-state index is 14.2. The van der Waals surface area contributed by atoms with Crippen LogP contribution >= 0.6 is 23.2 Å². The molecule has 0 bridgehead atoms. The Morgan fingerprint density at radius 3 is 2.02 bits per heavy atom. The molecule has 0 radical (unpaired) electrons. The van der Waals surface area contributed by atoms with E-state index in [4.69, 9.17) is 23.2 Å². The third-order valence-electron chi connectivity index (χ3n) is 6.95. The van der Waals surface area contributed by atoms with Crippen molar-refractivity contribution >= 4 is 50.7 Å². The third-order valence-corrected chi connectivity index (χ3v) is 9.53. The molecule has 0 saturated carbocycles. The maximum Gasteiger partial charge on any atom is 0.264 e. The summed E-state index contributed by atoms with van der Waals surface area (Å²) in [7, 11) is -4.25. The lowest BCUT2D eigenvalue weighted by molar-refractivity contribution is -0.140. The number of anilines is 1. The largest absolute Gasteiger partial charge is 0.352 e. The first-order valence-electron chi connectivity index (χ1n) is 13.6. The lowest BCUT2D eigenvalue weighted by Crippen LogP contribution is -2.53. The molecule has 0 fully saturated rings. The van der Waals surface area contributed by atoms with Crippen molar-refractivity contribution in [2.24, 2.45) is 0 Å². The molecule has 220 valence electrons. The number of amides is 2. The second-order valence-electron chi connectivity index (χ2n) is 10.1. The van der Waals surface area contributed by atoms with Crippen LogP contribution in [-0.2, 0) is 26.2 Å². The first kappa shape index (κ1) is 32.4. The zero-order valence-electron chi connectivity index (χ0n) is 24.0. The molecule has 0 aliphatic heterocycles. The van der Waals surface area contributed by atoms with Gasteiger partial charge >= 0.3 is 0 Å². The summed E-state index contributed by atoms with van der Waals surface area (Å²) >= 11 is 12.8. The normalized spacial score (nSPS) is 12.9. The van der Waals surface area contributed by atoms with Crippen molar-refractivity contribution in [2.75, 3.05) is 10.8 Å². The van der Waals surface area contributed by atoms with E-state index >= 15 is 0 Å². The zero-order valence-corrected chi connectivity index (χ0v) is 26.4. The van der Waals surface area contributed by atoms with Crippen molar-refractivity contribution in [1.29, 1.82) is 0 Å². The van der Waals surface area contributed by atoms with Crippen molar-refractivity contribution in [2.45, 2.75) is 71.0 Å². The van der Waals surface area contributed by atoms with Gasteiger partial charge in [-0.2, -0.15) is 0 Å². The highest BCUT2D eigenvalue weighted by atomic mass is 35.5. The summed E-state index contributed by atoms with van der Waals surface area (Å²) in [5.41, 5.74) is 2.82. The molecule has 10 heteroatoms. The Balaban J connectivity index is 2.10. The Bertz CT molecular complexity index is 1460. The molecule has 0 spiro atoms. The average molecular weight is 619 g/mol. The Kier molecular flexibility index (Phi) is 11.2. The van der Waals surface area contributed by atoms with Gasteiger partial charge in [-0.1, -0.05) is 90.6 Å². The topological polar surface area (TPSA) is 86.8 Å². The van der Waals surface area contributed by atoms with Gasteiger partial charge in [0.15, 0.2) is 0 Å². The van der Waals surface area contributed by atoms with Crippen molar-refractivity contribution in [3.8, 4) is 0 Å². The van der Waals surface area contributed by atoms with E-state index in [1.54, 1.807) is 24.3 Å². The molecule has 0 heterocycles. The minimum Gasteiger partial charge on any atom is -0.352 e. The molecule has 2 atom stereocenters. The van der Waals surface area contributed by atoms with Crippen LogP contribution < -0.4 is 9.62 Å². The van der Waals surface area contributed by atoms with Gasteiger partial charge in [-0.25, -0.2) is 8.42 Å². The first-order valence-corrected chi connectivity index (χ1v) is 15.8. The molecular formula is C31H37Cl2N3O4S. The number of carbonyl (C=O) groups excluding carboxylic acids is 2. The number of nitrogens with one attached hydrogen (secondary N) is 1. The van der Waals surface area contributed by atoms with Crippen LogP contribution in [-0.4, -0.2) is 43.8 Å². The van der Waals surface area contributed by atoms with Crippen LogP contribution in [0.25, 0.3) is 0 Å². The minimum atomic E-state index is -4.25. The molecule has 0 aromatic heterocycles. The van der Waals surface area contributed by atoms with E-state index in [-0.39, 0.29) is 39.1 Å². The van der Waals surface area contributed by atoms with Crippen LogP contribution in [0, 0.1) is 13.8 Å². The number of rotatable bonds is 12. The van der Waals surface area contributed by atoms with Crippen molar-refractivity contribution in [1.82, 2.24) is 10.2 Å². The predicted molar refractivity (Wildman–Crippen MR) is 166 cm³/mol. The first-order chi connectivity index (χ1) is 19.4. The quantitative estimate of drug-likeness (QED) is 0.250. The Morgan fingerprint density at radius 1 is 0.878 bits per heavy atom. The summed E-state index contributed by atoms with van der Waals surface area (Å²) in [5.74, 6) is -0.848. The number of aryl methyl sites for hydroxylation is 2. The van der Waals surface area contributed by atoms with E-state index in [9.17, 15) is 18.0 Å². The van der Waals surface area contributed by atoms with E-state index in [1.165, 1.54) is 23.1 Å². The summed E-state index contributed by atoms with van der Waals surface area (Å²) in [6.45, 7) is 9.03. The number of nitrogens with zero attached hydrogens (tertiary/aromatic N) is 2. The molecule has 7 nitrogen and oxygen atoms in total. The van der Waals surface area contributed by atoms with E-state index in [1.807, 2.05) is 58.9 Å². The third kappa shape index (κ3) is 8.03. The molecule has 3 aromatic rings. The van der Waals surface area contributed by atoms with Gasteiger partial charge in [0, 0.05) is 12.6 Å². The lowest BCUT2D eigenvalue weighted by atomic mass is 10.1. The fraction of sp³-hybridized carbons (Fsp3) is 0.355. The van der Waals surface area contributed by atoms with Gasteiger partial charge in [-0.15, -0.1) is 0 Å². The Labute approximate surface area is 253 Å². The van der Waals surface area contributed by atoms with Gasteiger partial charge in [0.2, 0.25) is 11.8 Å². The highest BCUT2D eigenvalue weighted by molar-refractivity contribution is 7.92. The maximum atomic E-state index is 14.2. The highest BCUT2D eigenvalue weighted by Gasteiger charge is 2.35. The fourth-order valence-electron chi connectivity index (χ4n) is 4.29. The van der Waals surface area contributed by atoms with Crippen molar-refractivity contribution in [3.63, 3.8) is 0 Å². The van der Waals surface area contributed by atoms with Gasteiger partial charge in [0.05, 0.1) is 20.6 Å². The molecule has 3 aromatic carbocycles. The summed E-state index contributed by atoms with van der Waals surface area (Å²) in [6, 6.07) is 17.7. The average Bonchev–Trinajstić information content (AvgIpc) is 2.94. The van der Waals surface area contributed by atoms with Crippen LogP contribution in [0.3, 0.4) is 0 Å². The van der Waals surface area contributed by atoms with Crippen molar-refractivity contribution < 1.29 is 18.0 Å².